The molecule has 2 aromatic rings. The average Bonchev–Trinajstić information content (AvgIpc) is 2.83. The van der Waals surface area contributed by atoms with E-state index < -0.39 is 4.92 Å². The Labute approximate surface area is 120 Å². The van der Waals surface area contributed by atoms with E-state index in [9.17, 15) is 10.1 Å². The molecule has 0 saturated carbocycles. The van der Waals surface area contributed by atoms with Gasteiger partial charge in [0.25, 0.3) is 0 Å². The minimum atomic E-state index is -0.504. The first kappa shape index (κ1) is 14.6. The number of nitrogens with zero attached hydrogens (tertiary/aromatic N) is 5. The lowest BCUT2D eigenvalue weighted by Crippen LogP contribution is -2.12. The molecule has 2 N–H and O–H groups in total. The number of nitro groups is 1. The molecule has 0 atom stereocenters. The number of aryl methyl sites for hydroxylation is 2. The summed E-state index contributed by atoms with van der Waals surface area (Å²) in [6.07, 6.45) is 0.465. The second kappa shape index (κ2) is 6.11. The van der Waals surface area contributed by atoms with Crippen LogP contribution in [0, 0.1) is 24.0 Å². The van der Waals surface area contributed by atoms with Gasteiger partial charge in [-0.15, -0.1) is 0 Å². The highest BCUT2D eigenvalue weighted by Gasteiger charge is 2.21. The first-order chi connectivity index (χ1) is 10.0. The van der Waals surface area contributed by atoms with Gasteiger partial charge in [0.1, 0.15) is 5.69 Å². The van der Waals surface area contributed by atoms with E-state index in [-0.39, 0.29) is 17.2 Å². The monoisotopic (exact) mass is 293 g/mol. The van der Waals surface area contributed by atoms with Crippen LogP contribution in [0.4, 0.5) is 17.5 Å². The van der Waals surface area contributed by atoms with E-state index in [4.69, 9.17) is 4.52 Å². The second-order valence-corrected chi connectivity index (χ2v) is 4.24. The van der Waals surface area contributed by atoms with Gasteiger partial charge in [-0.3, -0.25) is 10.1 Å². The summed E-state index contributed by atoms with van der Waals surface area (Å²) in [5.41, 5.74) is 0.149. The van der Waals surface area contributed by atoms with Crippen LogP contribution >= 0.6 is 0 Å². The number of hydrogen-bond donors (Lipinski definition) is 2. The SMILES string of the molecule is CNc1nc(C)c([N+](=O)[O-])c(NCCc2noc(C)n2)n1. The van der Waals surface area contributed by atoms with Crippen molar-refractivity contribution in [2.75, 3.05) is 24.2 Å². The normalized spacial score (nSPS) is 10.4. The molecule has 0 aliphatic rings. The first-order valence-corrected chi connectivity index (χ1v) is 6.25. The minimum absolute atomic E-state index is 0.140. The molecule has 0 aliphatic carbocycles. The van der Waals surface area contributed by atoms with Gasteiger partial charge in [-0.25, -0.2) is 4.98 Å². The Balaban J connectivity index is 2.14. The molecule has 0 spiro atoms. The maximum absolute atomic E-state index is 11.1. The summed E-state index contributed by atoms with van der Waals surface area (Å²) in [5, 5.41) is 20.5. The standard InChI is InChI=1S/C11H15N7O3/c1-6-9(18(19)20)10(16-11(12-3)14-6)13-5-4-8-15-7(2)21-17-8/h4-5H2,1-3H3,(H2,12,13,14,16). The van der Waals surface area contributed by atoms with Gasteiger partial charge in [0, 0.05) is 26.9 Å². The average molecular weight is 293 g/mol. The van der Waals surface area contributed by atoms with Crippen molar-refractivity contribution < 1.29 is 9.45 Å². The van der Waals surface area contributed by atoms with E-state index in [1.165, 1.54) is 0 Å². The van der Waals surface area contributed by atoms with Gasteiger partial charge in [-0.1, -0.05) is 5.16 Å². The molecule has 0 amide bonds. The summed E-state index contributed by atoms with van der Waals surface area (Å²) in [6, 6.07) is 0. The number of aromatic nitrogens is 4. The van der Waals surface area contributed by atoms with E-state index in [0.29, 0.717) is 30.6 Å². The third kappa shape index (κ3) is 3.41. The van der Waals surface area contributed by atoms with Crippen molar-refractivity contribution in [3.05, 3.63) is 27.5 Å². The molecule has 0 unspecified atom stereocenters. The lowest BCUT2D eigenvalue weighted by Gasteiger charge is -2.08. The molecule has 2 rings (SSSR count). The number of anilines is 2. The molecule has 21 heavy (non-hydrogen) atoms. The van der Waals surface area contributed by atoms with E-state index in [1.807, 2.05) is 0 Å². The molecule has 2 heterocycles. The number of nitrogens with one attached hydrogen (secondary N) is 2. The van der Waals surface area contributed by atoms with Crippen LogP contribution in [0.15, 0.2) is 4.52 Å². The fraction of sp³-hybridized carbons (Fsp3) is 0.455. The van der Waals surface area contributed by atoms with Crippen LogP contribution in [-0.4, -0.2) is 38.6 Å². The molecule has 0 bridgehead atoms. The van der Waals surface area contributed by atoms with Gasteiger partial charge >= 0.3 is 5.69 Å². The molecule has 2 aromatic heterocycles. The summed E-state index contributed by atoms with van der Waals surface area (Å²) in [6.45, 7) is 3.65. The van der Waals surface area contributed by atoms with Crippen molar-refractivity contribution in [3.63, 3.8) is 0 Å². The quantitative estimate of drug-likeness (QED) is 0.592. The Hall–Kier alpha value is -2.78. The van der Waals surface area contributed by atoms with Crippen molar-refractivity contribution in [1.29, 1.82) is 0 Å². The second-order valence-electron chi connectivity index (χ2n) is 4.24. The summed E-state index contributed by atoms with van der Waals surface area (Å²) in [7, 11) is 1.65. The predicted molar refractivity (Wildman–Crippen MR) is 74.2 cm³/mol. The van der Waals surface area contributed by atoms with Crippen molar-refractivity contribution in [3.8, 4) is 0 Å². The smallest absolute Gasteiger partial charge is 0.332 e. The van der Waals surface area contributed by atoms with E-state index in [0.717, 1.165) is 0 Å². The molecular formula is C11H15N7O3. The lowest BCUT2D eigenvalue weighted by atomic mass is 10.3. The third-order valence-corrected chi connectivity index (χ3v) is 2.68. The topological polar surface area (TPSA) is 132 Å². The molecule has 0 radical (unpaired) electrons. The number of rotatable bonds is 6. The van der Waals surface area contributed by atoms with Gasteiger partial charge in [0.15, 0.2) is 5.82 Å². The Morgan fingerprint density at radius 1 is 1.29 bits per heavy atom. The molecule has 0 saturated heterocycles. The minimum Gasteiger partial charge on any atom is -0.364 e. The fourth-order valence-electron chi connectivity index (χ4n) is 1.76. The first-order valence-electron chi connectivity index (χ1n) is 6.25. The van der Waals surface area contributed by atoms with Crippen molar-refractivity contribution >= 4 is 17.5 Å². The Bertz CT molecular complexity index is 655. The third-order valence-electron chi connectivity index (χ3n) is 2.68. The van der Waals surface area contributed by atoms with E-state index in [2.05, 4.69) is 30.7 Å². The van der Waals surface area contributed by atoms with Crippen LogP contribution in [0.2, 0.25) is 0 Å². The molecule has 0 fully saturated rings. The molecule has 112 valence electrons. The van der Waals surface area contributed by atoms with Gasteiger partial charge in [-0.2, -0.15) is 9.97 Å². The highest BCUT2D eigenvalue weighted by Crippen LogP contribution is 2.26. The molecule has 10 nitrogen and oxygen atoms in total. The maximum atomic E-state index is 11.1. The zero-order valence-corrected chi connectivity index (χ0v) is 11.9. The Morgan fingerprint density at radius 2 is 2.05 bits per heavy atom. The van der Waals surface area contributed by atoms with Crippen LogP contribution < -0.4 is 10.6 Å². The van der Waals surface area contributed by atoms with Gasteiger partial charge < -0.3 is 15.2 Å². The number of hydrogen-bond acceptors (Lipinski definition) is 9. The highest BCUT2D eigenvalue weighted by atomic mass is 16.6. The Morgan fingerprint density at radius 3 is 2.62 bits per heavy atom. The maximum Gasteiger partial charge on any atom is 0.332 e. The van der Waals surface area contributed by atoms with Gasteiger partial charge in [0.2, 0.25) is 17.7 Å². The van der Waals surface area contributed by atoms with Crippen LogP contribution in [0.25, 0.3) is 0 Å². The van der Waals surface area contributed by atoms with Gasteiger partial charge in [-0.05, 0) is 6.92 Å². The summed E-state index contributed by atoms with van der Waals surface area (Å²) in [5.74, 6) is 1.49. The van der Waals surface area contributed by atoms with Crippen LogP contribution in [0.1, 0.15) is 17.4 Å². The van der Waals surface area contributed by atoms with Crippen LogP contribution in [-0.2, 0) is 6.42 Å². The highest BCUT2D eigenvalue weighted by molar-refractivity contribution is 5.60. The van der Waals surface area contributed by atoms with Crippen LogP contribution in [0.5, 0.6) is 0 Å². The summed E-state index contributed by atoms with van der Waals surface area (Å²) >= 11 is 0. The zero-order chi connectivity index (χ0) is 15.4. The molecule has 0 aromatic carbocycles. The van der Waals surface area contributed by atoms with Crippen LogP contribution in [0.3, 0.4) is 0 Å². The van der Waals surface area contributed by atoms with E-state index in [1.54, 1.807) is 20.9 Å². The largest absolute Gasteiger partial charge is 0.364 e. The molecular weight excluding hydrogens is 278 g/mol. The molecule has 10 heteroatoms. The van der Waals surface area contributed by atoms with Crippen molar-refractivity contribution in [2.24, 2.45) is 0 Å². The van der Waals surface area contributed by atoms with E-state index >= 15 is 0 Å². The predicted octanol–water partition coefficient (Wildman–Crippen LogP) is 1.08. The zero-order valence-electron chi connectivity index (χ0n) is 11.9. The fourth-order valence-corrected chi connectivity index (χ4v) is 1.76. The lowest BCUT2D eigenvalue weighted by molar-refractivity contribution is -0.385. The molecule has 0 aliphatic heterocycles. The van der Waals surface area contributed by atoms with Crippen molar-refractivity contribution in [1.82, 2.24) is 20.1 Å². The summed E-state index contributed by atoms with van der Waals surface area (Å²) in [4.78, 5) is 22.7. The van der Waals surface area contributed by atoms with Gasteiger partial charge in [0.05, 0.1) is 4.92 Å². The summed E-state index contributed by atoms with van der Waals surface area (Å²) < 4.78 is 4.85. The van der Waals surface area contributed by atoms with Crippen molar-refractivity contribution in [2.45, 2.75) is 20.3 Å². The Kier molecular flexibility index (Phi) is 4.26.